The van der Waals surface area contributed by atoms with E-state index in [-0.39, 0.29) is 41.2 Å². The van der Waals surface area contributed by atoms with E-state index in [9.17, 15) is 18.0 Å². The molecule has 0 spiro atoms. The van der Waals surface area contributed by atoms with Crippen molar-refractivity contribution < 1.29 is 18.0 Å². The number of fused-ring (bicyclic) bond motifs is 3. The monoisotopic (exact) mass is 607 g/mol. The molecular weight excluding hydrogens is 570 g/mol. The minimum Gasteiger partial charge on any atom is -0.364 e. The Bertz CT molecular complexity index is 1680. The Labute approximate surface area is 251 Å². The first-order valence-corrected chi connectivity index (χ1v) is 16.3. The lowest BCUT2D eigenvalue weighted by Crippen LogP contribution is -2.40. The van der Waals surface area contributed by atoms with Crippen LogP contribution in [0.15, 0.2) is 30.5 Å². The molecule has 0 radical (unpaired) electrons. The molecule has 3 aliphatic rings. The second kappa shape index (κ2) is 11.2. The standard InChI is InChI=1S/C29H37N9O4S/c1-5-43(41,42)37-13-11-19(12-14-37)38-26-17(2)36(4)27-20(21(26)16-31-38)7-6-8-22(27)32-23-15-24(33-28(39)18-9-10-18)34-35-25(23)29(40)30-3/h6-8,15-19H,5,9-14H2,1-4H3,(H,30,40)(H2,32,33,34,39). The van der Waals surface area contributed by atoms with E-state index in [0.717, 1.165) is 41.0 Å². The van der Waals surface area contributed by atoms with Crippen LogP contribution in [-0.4, -0.2) is 77.5 Å². The molecule has 2 aromatic heterocycles. The molecule has 1 saturated carbocycles. The van der Waals surface area contributed by atoms with E-state index in [1.165, 1.54) is 7.05 Å². The van der Waals surface area contributed by atoms with Crippen molar-refractivity contribution in [1.29, 1.82) is 0 Å². The number of carbonyl (C=O) groups excluding carboxylic acids is 2. The van der Waals surface area contributed by atoms with Crippen molar-refractivity contribution in [3.63, 3.8) is 0 Å². The number of para-hydroxylation sites is 1. The molecule has 13 nitrogen and oxygen atoms in total. The molecule has 3 aromatic rings. The minimum absolute atomic E-state index is 0.000133. The highest BCUT2D eigenvalue weighted by Gasteiger charge is 2.36. The number of benzene rings is 1. The van der Waals surface area contributed by atoms with Crippen molar-refractivity contribution in [1.82, 2.24) is 29.6 Å². The number of carbonyl (C=O) groups is 2. The Morgan fingerprint density at radius 2 is 1.79 bits per heavy atom. The second-order valence-corrected chi connectivity index (χ2v) is 13.6. The van der Waals surface area contributed by atoms with E-state index in [1.54, 1.807) is 17.3 Å². The van der Waals surface area contributed by atoms with Gasteiger partial charge in [-0.05, 0) is 45.6 Å². The van der Waals surface area contributed by atoms with Gasteiger partial charge in [-0.2, -0.15) is 5.10 Å². The number of hydrogen-bond acceptors (Lipinski definition) is 9. The average molecular weight is 608 g/mol. The largest absolute Gasteiger partial charge is 0.364 e. The number of rotatable bonds is 8. The summed E-state index contributed by atoms with van der Waals surface area (Å²) in [4.78, 5) is 27.2. The van der Waals surface area contributed by atoms with Crippen LogP contribution >= 0.6 is 0 Å². The van der Waals surface area contributed by atoms with Gasteiger partial charge in [0.05, 0.1) is 46.8 Å². The molecule has 4 heterocycles. The van der Waals surface area contributed by atoms with Crippen molar-refractivity contribution in [2.45, 2.75) is 51.6 Å². The maximum absolute atomic E-state index is 12.7. The number of nitrogens with zero attached hydrogens (tertiary/aromatic N) is 6. The normalized spacial score (nSPS) is 19.0. The molecule has 14 heteroatoms. The average Bonchev–Trinajstić information content (AvgIpc) is 3.78. The zero-order valence-corrected chi connectivity index (χ0v) is 25.6. The lowest BCUT2D eigenvalue weighted by molar-refractivity contribution is -0.117. The molecule has 43 heavy (non-hydrogen) atoms. The quantitative estimate of drug-likeness (QED) is 0.350. The third-order valence-corrected chi connectivity index (χ3v) is 10.6. The SMILES string of the molecule is CCS(=O)(=O)N1CCC(n2ncc3c2C(C)N(C)c2c(Nc4cc(NC(=O)C5CC5)nnc4C(=O)NC)cccc2-3)CC1. The van der Waals surface area contributed by atoms with Gasteiger partial charge < -0.3 is 20.9 Å². The topological polar surface area (TPSA) is 154 Å². The first-order chi connectivity index (χ1) is 20.6. The number of anilines is 4. The Balaban J connectivity index is 1.33. The van der Waals surface area contributed by atoms with Crippen molar-refractivity contribution in [3.8, 4) is 11.1 Å². The highest BCUT2D eigenvalue weighted by Crippen LogP contribution is 2.49. The fourth-order valence-corrected chi connectivity index (χ4v) is 7.14. The zero-order chi connectivity index (χ0) is 30.5. The van der Waals surface area contributed by atoms with Crippen LogP contribution in [0.3, 0.4) is 0 Å². The van der Waals surface area contributed by atoms with Gasteiger partial charge in [-0.25, -0.2) is 12.7 Å². The molecule has 1 saturated heterocycles. The van der Waals surface area contributed by atoms with E-state index in [0.29, 0.717) is 31.6 Å². The summed E-state index contributed by atoms with van der Waals surface area (Å²) in [5.41, 5.74) is 5.33. The molecule has 1 unspecified atom stereocenters. The summed E-state index contributed by atoms with van der Waals surface area (Å²) in [6, 6.07) is 7.65. The lowest BCUT2D eigenvalue weighted by atomic mass is 9.93. The van der Waals surface area contributed by atoms with Crippen LogP contribution in [0.2, 0.25) is 0 Å². The summed E-state index contributed by atoms with van der Waals surface area (Å²) in [7, 11) is 0.348. The molecular formula is C29H37N9O4S. The molecule has 1 atom stereocenters. The molecule has 1 aliphatic carbocycles. The third kappa shape index (κ3) is 5.33. The molecule has 2 amide bonds. The van der Waals surface area contributed by atoms with Crippen LogP contribution in [0, 0.1) is 5.92 Å². The Kier molecular flexibility index (Phi) is 7.59. The van der Waals surface area contributed by atoms with E-state index in [2.05, 4.69) is 48.7 Å². The van der Waals surface area contributed by atoms with E-state index >= 15 is 0 Å². The zero-order valence-electron chi connectivity index (χ0n) is 24.8. The molecule has 2 fully saturated rings. The van der Waals surface area contributed by atoms with Gasteiger partial charge in [0.25, 0.3) is 5.91 Å². The van der Waals surface area contributed by atoms with E-state index in [1.807, 2.05) is 25.4 Å². The lowest BCUT2D eigenvalue weighted by Gasteiger charge is -2.38. The summed E-state index contributed by atoms with van der Waals surface area (Å²) >= 11 is 0. The summed E-state index contributed by atoms with van der Waals surface area (Å²) in [5.74, 6) is -0.107. The molecule has 2 aliphatic heterocycles. The summed E-state index contributed by atoms with van der Waals surface area (Å²) in [5, 5.41) is 21.9. The van der Waals surface area contributed by atoms with Gasteiger partial charge in [0.2, 0.25) is 15.9 Å². The van der Waals surface area contributed by atoms with Gasteiger partial charge in [-0.3, -0.25) is 14.3 Å². The number of piperidine rings is 1. The van der Waals surface area contributed by atoms with Gasteiger partial charge in [-0.15, -0.1) is 10.2 Å². The van der Waals surface area contributed by atoms with Gasteiger partial charge in [0.15, 0.2) is 11.5 Å². The predicted octanol–water partition coefficient (Wildman–Crippen LogP) is 3.29. The van der Waals surface area contributed by atoms with Crippen LogP contribution in [0.4, 0.5) is 22.9 Å². The van der Waals surface area contributed by atoms with Gasteiger partial charge in [-0.1, -0.05) is 12.1 Å². The maximum atomic E-state index is 12.7. The molecule has 6 rings (SSSR count). The van der Waals surface area contributed by atoms with Crippen LogP contribution in [0.1, 0.15) is 67.8 Å². The van der Waals surface area contributed by atoms with Crippen molar-refractivity contribution in [2.75, 3.05) is 48.5 Å². The smallest absolute Gasteiger partial charge is 0.273 e. The van der Waals surface area contributed by atoms with Crippen LogP contribution in [0.5, 0.6) is 0 Å². The first-order valence-electron chi connectivity index (χ1n) is 14.7. The minimum atomic E-state index is -3.21. The molecule has 0 bridgehead atoms. The molecule has 1 aromatic carbocycles. The Morgan fingerprint density at radius 1 is 1.05 bits per heavy atom. The van der Waals surface area contributed by atoms with Crippen LogP contribution in [-0.2, 0) is 14.8 Å². The number of hydrogen-bond donors (Lipinski definition) is 3. The highest BCUT2D eigenvalue weighted by molar-refractivity contribution is 7.89. The summed E-state index contributed by atoms with van der Waals surface area (Å²) < 4.78 is 28.5. The van der Waals surface area contributed by atoms with Crippen LogP contribution < -0.4 is 20.9 Å². The van der Waals surface area contributed by atoms with Crippen molar-refractivity contribution >= 4 is 44.7 Å². The van der Waals surface area contributed by atoms with E-state index in [4.69, 9.17) is 5.10 Å². The highest BCUT2D eigenvalue weighted by atomic mass is 32.2. The molecule has 228 valence electrons. The number of sulfonamides is 1. The van der Waals surface area contributed by atoms with Gasteiger partial charge in [0.1, 0.15) is 0 Å². The Hall–Kier alpha value is -4.04. The summed E-state index contributed by atoms with van der Waals surface area (Å²) in [6.45, 7) is 4.78. The number of aromatic nitrogens is 4. The van der Waals surface area contributed by atoms with E-state index < -0.39 is 15.9 Å². The predicted molar refractivity (Wildman–Crippen MR) is 164 cm³/mol. The van der Waals surface area contributed by atoms with Crippen molar-refractivity contribution in [2.24, 2.45) is 5.92 Å². The van der Waals surface area contributed by atoms with Crippen LogP contribution in [0.25, 0.3) is 11.1 Å². The fourth-order valence-electron chi connectivity index (χ4n) is 6.01. The Morgan fingerprint density at radius 3 is 2.47 bits per heavy atom. The van der Waals surface area contributed by atoms with Gasteiger partial charge >= 0.3 is 0 Å². The number of nitrogens with one attached hydrogen (secondary N) is 3. The maximum Gasteiger partial charge on any atom is 0.273 e. The third-order valence-electron chi connectivity index (χ3n) is 8.72. The number of amides is 2. The second-order valence-electron chi connectivity index (χ2n) is 11.4. The first kappa shape index (κ1) is 29.1. The fraction of sp³-hybridized carbons (Fsp3) is 0.483. The van der Waals surface area contributed by atoms with Gasteiger partial charge in [0, 0.05) is 50.3 Å². The molecule has 3 N–H and O–H groups in total. The van der Waals surface area contributed by atoms with Crippen molar-refractivity contribution in [3.05, 3.63) is 41.9 Å². The summed E-state index contributed by atoms with van der Waals surface area (Å²) in [6.07, 6.45) is 5.02.